The minimum atomic E-state index is -0.680. The summed E-state index contributed by atoms with van der Waals surface area (Å²) < 4.78 is 5.28. The van der Waals surface area contributed by atoms with Crippen LogP contribution in [0.25, 0.3) is 0 Å². The number of carboxylic acid groups (broad SMARTS) is 1. The molecule has 0 aromatic heterocycles. The number of carboxylic acids is 1. The highest BCUT2D eigenvalue weighted by Gasteiger charge is 2.44. The van der Waals surface area contributed by atoms with Crippen LogP contribution in [-0.2, 0) is 9.53 Å². The van der Waals surface area contributed by atoms with Gasteiger partial charge in [0.15, 0.2) is 0 Å². The van der Waals surface area contributed by atoms with E-state index in [1.807, 2.05) is 0 Å². The Balaban J connectivity index is 1.78. The number of carbonyl (C=O) groups is 1. The van der Waals surface area contributed by atoms with E-state index >= 15 is 0 Å². The molecule has 1 aliphatic carbocycles. The molecule has 0 atom stereocenters. The maximum Gasteiger partial charge on any atom is 0.323 e. The quantitative estimate of drug-likeness (QED) is 0.731. The molecular weight excluding hydrogens is 194 g/mol. The van der Waals surface area contributed by atoms with Gasteiger partial charge in [0.2, 0.25) is 0 Å². The molecule has 0 aromatic rings. The van der Waals surface area contributed by atoms with Crippen LogP contribution in [0.1, 0.15) is 32.1 Å². The Hall–Kier alpha value is -0.610. The van der Waals surface area contributed by atoms with Crippen LogP contribution in [0.4, 0.5) is 0 Å². The van der Waals surface area contributed by atoms with E-state index in [9.17, 15) is 4.79 Å². The number of hydrogen-bond donors (Lipinski definition) is 2. The minimum Gasteiger partial charge on any atom is -0.480 e. The number of nitrogens with one attached hydrogen (secondary N) is 1. The van der Waals surface area contributed by atoms with Crippen molar-refractivity contribution >= 4 is 5.97 Å². The molecule has 0 spiro atoms. The van der Waals surface area contributed by atoms with Crippen LogP contribution in [0, 0.1) is 5.92 Å². The highest BCUT2D eigenvalue weighted by atomic mass is 16.5. The molecule has 0 radical (unpaired) electrons. The Kier molecular flexibility index (Phi) is 3.26. The van der Waals surface area contributed by atoms with Crippen molar-refractivity contribution in [2.45, 2.75) is 37.6 Å². The Bertz CT molecular complexity index is 232. The van der Waals surface area contributed by atoms with Gasteiger partial charge in [0.1, 0.15) is 5.54 Å². The van der Waals surface area contributed by atoms with Crippen molar-refractivity contribution in [3.8, 4) is 0 Å². The van der Waals surface area contributed by atoms with Gasteiger partial charge in [0.05, 0.1) is 0 Å². The maximum atomic E-state index is 11.1. The van der Waals surface area contributed by atoms with Crippen molar-refractivity contribution < 1.29 is 14.6 Å². The molecule has 0 unspecified atom stereocenters. The van der Waals surface area contributed by atoms with E-state index in [0.29, 0.717) is 5.92 Å². The average Bonchev–Trinajstić information content (AvgIpc) is 2.17. The lowest BCUT2D eigenvalue weighted by molar-refractivity contribution is -0.149. The van der Waals surface area contributed by atoms with E-state index in [1.54, 1.807) is 0 Å². The summed E-state index contributed by atoms with van der Waals surface area (Å²) in [7, 11) is 0. The summed E-state index contributed by atoms with van der Waals surface area (Å²) in [5.74, 6) is -0.0867. The molecular formula is C11H19NO3. The highest BCUT2D eigenvalue weighted by molar-refractivity contribution is 5.79. The normalized spacial score (nSPS) is 25.9. The second-order valence-corrected chi connectivity index (χ2v) is 4.68. The van der Waals surface area contributed by atoms with Gasteiger partial charge in [-0.1, -0.05) is 0 Å². The van der Waals surface area contributed by atoms with Crippen molar-refractivity contribution in [2.24, 2.45) is 5.92 Å². The molecule has 1 aliphatic heterocycles. The molecule has 2 aliphatic rings. The molecule has 4 nitrogen and oxygen atoms in total. The van der Waals surface area contributed by atoms with Gasteiger partial charge in [-0.3, -0.25) is 4.79 Å². The summed E-state index contributed by atoms with van der Waals surface area (Å²) in [5.41, 5.74) is -0.599. The maximum absolute atomic E-state index is 11.1. The zero-order valence-electron chi connectivity index (χ0n) is 9.00. The van der Waals surface area contributed by atoms with Gasteiger partial charge in [-0.2, -0.15) is 0 Å². The van der Waals surface area contributed by atoms with Gasteiger partial charge < -0.3 is 15.2 Å². The third-order valence-electron chi connectivity index (χ3n) is 3.69. The number of hydrogen-bond acceptors (Lipinski definition) is 3. The Morgan fingerprint density at radius 3 is 2.53 bits per heavy atom. The molecule has 1 heterocycles. The predicted molar refractivity (Wildman–Crippen MR) is 55.8 cm³/mol. The fraction of sp³-hybridized carbons (Fsp3) is 0.909. The second kappa shape index (κ2) is 4.49. The van der Waals surface area contributed by atoms with Crippen LogP contribution in [0.5, 0.6) is 0 Å². The summed E-state index contributed by atoms with van der Waals surface area (Å²) in [6, 6.07) is 0. The second-order valence-electron chi connectivity index (χ2n) is 4.68. The Morgan fingerprint density at radius 2 is 2.07 bits per heavy atom. The summed E-state index contributed by atoms with van der Waals surface area (Å²) in [5, 5.41) is 12.4. The standard InChI is InChI=1S/C11H19NO3/c13-10(14)11(4-1-5-11)12-8-9-2-6-15-7-3-9/h9,12H,1-8H2,(H,13,14). The molecule has 0 bridgehead atoms. The third-order valence-corrected chi connectivity index (χ3v) is 3.69. The van der Waals surface area contributed by atoms with Gasteiger partial charge in [-0.15, -0.1) is 0 Å². The van der Waals surface area contributed by atoms with Gasteiger partial charge in [0, 0.05) is 13.2 Å². The van der Waals surface area contributed by atoms with E-state index in [0.717, 1.165) is 51.9 Å². The predicted octanol–water partition coefficient (Wildman–Crippen LogP) is 1.01. The zero-order chi connectivity index (χ0) is 10.7. The summed E-state index contributed by atoms with van der Waals surface area (Å²) in [6.45, 7) is 2.48. The molecule has 0 amide bonds. The third kappa shape index (κ3) is 2.32. The van der Waals surface area contributed by atoms with Crippen molar-refractivity contribution in [2.75, 3.05) is 19.8 Å². The van der Waals surface area contributed by atoms with Gasteiger partial charge >= 0.3 is 5.97 Å². The minimum absolute atomic E-state index is 0.593. The van der Waals surface area contributed by atoms with Crippen LogP contribution in [0.2, 0.25) is 0 Å². The number of rotatable bonds is 4. The van der Waals surface area contributed by atoms with Gasteiger partial charge in [-0.05, 0) is 44.6 Å². The highest BCUT2D eigenvalue weighted by Crippen LogP contribution is 2.32. The van der Waals surface area contributed by atoms with Crippen LogP contribution in [0.15, 0.2) is 0 Å². The first-order chi connectivity index (χ1) is 7.23. The lowest BCUT2D eigenvalue weighted by atomic mass is 9.76. The van der Waals surface area contributed by atoms with Crippen molar-refractivity contribution in [3.05, 3.63) is 0 Å². The molecule has 2 fully saturated rings. The topological polar surface area (TPSA) is 58.6 Å². The summed E-state index contributed by atoms with van der Waals surface area (Å²) >= 11 is 0. The lowest BCUT2D eigenvalue weighted by Gasteiger charge is -2.40. The molecule has 86 valence electrons. The molecule has 15 heavy (non-hydrogen) atoms. The molecule has 0 aromatic carbocycles. The summed E-state index contributed by atoms with van der Waals surface area (Å²) in [4.78, 5) is 11.1. The van der Waals surface area contributed by atoms with Crippen molar-refractivity contribution in [1.29, 1.82) is 0 Å². The fourth-order valence-electron chi connectivity index (χ4n) is 2.29. The molecule has 1 saturated heterocycles. The number of ether oxygens (including phenoxy) is 1. The molecule has 2 N–H and O–H groups in total. The van der Waals surface area contributed by atoms with Crippen LogP contribution < -0.4 is 5.32 Å². The van der Waals surface area contributed by atoms with Crippen LogP contribution in [0.3, 0.4) is 0 Å². The smallest absolute Gasteiger partial charge is 0.323 e. The van der Waals surface area contributed by atoms with Gasteiger partial charge in [0.25, 0.3) is 0 Å². The van der Waals surface area contributed by atoms with Crippen LogP contribution >= 0.6 is 0 Å². The number of aliphatic carboxylic acids is 1. The first-order valence-corrected chi connectivity index (χ1v) is 5.79. The first-order valence-electron chi connectivity index (χ1n) is 5.79. The van der Waals surface area contributed by atoms with Gasteiger partial charge in [-0.25, -0.2) is 0 Å². The van der Waals surface area contributed by atoms with Crippen molar-refractivity contribution in [3.63, 3.8) is 0 Å². The Morgan fingerprint density at radius 1 is 1.40 bits per heavy atom. The van der Waals surface area contributed by atoms with E-state index in [-0.39, 0.29) is 0 Å². The largest absolute Gasteiger partial charge is 0.480 e. The first kappa shape index (κ1) is 10.9. The van der Waals surface area contributed by atoms with E-state index in [4.69, 9.17) is 9.84 Å². The summed E-state index contributed by atoms with van der Waals surface area (Å²) in [6.07, 6.45) is 4.72. The van der Waals surface area contributed by atoms with Crippen LogP contribution in [-0.4, -0.2) is 36.4 Å². The Labute approximate surface area is 90.0 Å². The molecule has 4 heteroatoms. The van der Waals surface area contributed by atoms with E-state index in [2.05, 4.69) is 5.32 Å². The molecule has 2 rings (SSSR count). The SMILES string of the molecule is O=C(O)C1(NCC2CCOCC2)CCC1. The average molecular weight is 213 g/mol. The zero-order valence-corrected chi connectivity index (χ0v) is 9.00. The van der Waals surface area contributed by atoms with E-state index < -0.39 is 11.5 Å². The van der Waals surface area contributed by atoms with E-state index in [1.165, 1.54) is 0 Å². The fourth-order valence-corrected chi connectivity index (χ4v) is 2.29. The monoisotopic (exact) mass is 213 g/mol. The van der Waals surface area contributed by atoms with Crippen molar-refractivity contribution in [1.82, 2.24) is 5.32 Å². The lowest BCUT2D eigenvalue weighted by Crippen LogP contribution is -2.58. The molecule has 1 saturated carbocycles.